The van der Waals surface area contributed by atoms with Gasteiger partial charge in [0.1, 0.15) is 12.4 Å². The van der Waals surface area contributed by atoms with Gasteiger partial charge in [-0.1, -0.05) is 66.6 Å². The molecule has 2 aliphatic rings. The maximum absolute atomic E-state index is 13.7. The Kier molecular flexibility index (Phi) is 14.4. The Labute approximate surface area is 291 Å². The van der Waals surface area contributed by atoms with E-state index in [4.69, 9.17) is 14.8 Å². The highest BCUT2D eigenvalue weighted by molar-refractivity contribution is 8.76. The van der Waals surface area contributed by atoms with Crippen molar-refractivity contribution in [2.45, 2.75) is 71.0 Å². The van der Waals surface area contributed by atoms with Gasteiger partial charge in [0.05, 0.1) is 5.69 Å². The number of carbonyl (C=O) groups excluding carboxylic acids is 3. The monoisotopic (exact) mass is 694 g/mol. The van der Waals surface area contributed by atoms with Crippen LogP contribution in [0, 0.1) is 0 Å². The zero-order valence-corrected chi connectivity index (χ0v) is 29.7. The molecule has 12 heteroatoms. The molecule has 0 radical (unpaired) electrons. The van der Waals surface area contributed by atoms with Crippen LogP contribution in [0.25, 0.3) is 17.2 Å². The van der Waals surface area contributed by atoms with E-state index in [1.807, 2.05) is 79.1 Å². The number of likely N-dealkylation sites (tertiary alicyclic amines) is 1. The fourth-order valence-electron chi connectivity index (χ4n) is 5.58. The zero-order valence-electron chi connectivity index (χ0n) is 28.0. The van der Waals surface area contributed by atoms with Crippen molar-refractivity contribution in [1.29, 1.82) is 0 Å². The van der Waals surface area contributed by atoms with E-state index in [1.54, 1.807) is 10.8 Å². The number of aliphatic carboxylic acids is 1. The first-order chi connectivity index (χ1) is 23.2. The van der Waals surface area contributed by atoms with E-state index < -0.39 is 12.1 Å². The second kappa shape index (κ2) is 18.7. The highest BCUT2D eigenvalue weighted by Gasteiger charge is 2.24. The molecule has 4 rings (SSSR count). The number of amidine groups is 1. The number of nitrogens with one attached hydrogen (secondary N) is 1. The van der Waals surface area contributed by atoms with E-state index >= 15 is 0 Å². The Bertz CT molecular complexity index is 1500. The average Bonchev–Trinajstić information content (AvgIpc) is 3.55. The van der Waals surface area contributed by atoms with Gasteiger partial charge in [-0.3, -0.25) is 19.7 Å². The number of alkyl carbamates (subject to hydrolysis) is 1. The molecule has 2 heterocycles. The molecule has 10 nitrogen and oxygen atoms in total. The molecule has 3 amide bonds. The van der Waals surface area contributed by atoms with Gasteiger partial charge in [0, 0.05) is 66.7 Å². The molecule has 2 aliphatic heterocycles. The molecule has 2 aromatic rings. The van der Waals surface area contributed by atoms with Gasteiger partial charge in [-0.25, -0.2) is 9.79 Å². The number of carboxylic acid groups (broad SMARTS) is 1. The van der Waals surface area contributed by atoms with Gasteiger partial charge in [0.25, 0.3) is 5.91 Å². The van der Waals surface area contributed by atoms with Gasteiger partial charge in [0.2, 0.25) is 5.91 Å². The molecule has 0 bridgehead atoms. The van der Waals surface area contributed by atoms with Crippen molar-refractivity contribution in [2.24, 2.45) is 4.99 Å². The maximum atomic E-state index is 13.7. The summed E-state index contributed by atoms with van der Waals surface area (Å²) in [7, 11) is 3.10. The van der Waals surface area contributed by atoms with Crippen LogP contribution in [0.1, 0.15) is 81.6 Å². The molecule has 1 saturated heterocycles. The molecular formula is C36H46N4O6S2. The van der Waals surface area contributed by atoms with E-state index in [1.165, 1.54) is 10.8 Å². The van der Waals surface area contributed by atoms with Crippen molar-refractivity contribution in [3.63, 3.8) is 0 Å². The van der Waals surface area contributed by atoms with Gasteiger partial charge in [-0.15, -0.1) is 0 Å². The number of rotatable bonds is 15. The normalized spacial score (nSPS) is 14.7. The van der Waals surface area contributed by atoms with Crippen molar-refractivity contribution in [3.05, 3.63) is 59.2 Å². The molecule has 2 N–H and O–H groups in total. The second-order valence-electron chi connectivity index (χ2n) is 12.0. The van der Waals surface area contributed by atoms with Crippen LogP contribution < -0.4 is 5.32 Å². The fourth-order valence-corrected chi connectivity index (χ4v) is 7.76. The number of carbonyl (C=O) groups is 4. The Morgan fingerprint density at radius 2 is 1.71 bits per heavy atom. The molecule has 0 spiro atoms. The number of nitrogens with zero attached hydrogens (tertiary/aromatic N) is 3. The maximum Gasteiger partial charge on any atom is 0.412 e. The lowest BCUT2D eigenvalue weighted by atomic mass is 9.99. The Hall–Kier alpha value is -3.77. The third-order valence-electron chi connectivity index (χ3n) is 8.02. The molecule has 2 aromatic carbocycles. The van der Waals surface area contributed by atoms with Crippen molar-refractivity contribution in [3.8, 4) is 11.1 Å². The SMILES string of the molecule is CCCN(CCC)C(=O)C1=Cc2ccc(-c3ccc(C(=O)N4CCCC4)cc3)cc2N=C(NC(=O)OCCSSC(C)CCC(=O)O)C1. The van der Waals surface area contributed by atoms with Crippen molar-refractivity contribution in [1.82, 2.24) is 15.1 Å². The Balaban J connectivity index is 1.50. The van der Waals surface area contributed by atoms with E-state index in [9.17, 15) is 19.2 Å². The van der Waals surface area contributed by atoms with Gasteiger partial charge in [0.15, 0.2) is 0 Å². The summed E-state index contributed by atoms with van der Waals surface area (Å²) in [4.78, 5) is 58.7. The minimum absolute atomic E-state index is 0.0540. The van der Waals surface area contributed by atoms with Crippen molar-refractivity contribution in [2.75, 3.05) is 38.5 Å². The average molecular weight is 695 g/mol. The molecule has 1 fully saturated rings. The highest BCUT2D eigenvalue weighted by atomic mass is 33.1. The smallest absolute Gasteiger partial charge is 0.412 e. The first kappa shape index (κ1) is 37.1. The summed E-state index contributed by atoms with van der Waals surface area (Å²) in [6.07, 6.45) is 5.80. The van der Waals surface area contributed by atoms with Gasteiger partial charge in [-0.05, 0) is 67.5 Å². The number of benzene rings is 2. The number of hydrogen-bond acceptors (Lipinski definition) is 8. The van der Waals surface area contributed by atoms with Crippen LogP contribution in [0.4, 0.5) is 10.5 Å². The topological polar surface area (TPSA) is 129 Å². The summed E-state index contributed by atoms with van der Waals surface area (Å²) < 4.78 is 5.43. The molecule has 1 atom stereocenters. The number of ether oxygens (including phenoxy) is 1. The fraction of sp³-hybridized carbons (Fsp3) is 0.472. The molecule has 48 heavy (non-hydrogen) atoms. The predicted octanol–water partition coefficient (Wildman–Crippen LogP) is 7.42. The van der Waals surface area contributed by atoms with Crippen LogP contribution in [0.15, 0.2) is 53.0 Å². The molecule has 0 aliphatic carbocycles. The first-order valence-electron chi connectivity index (χ1n) is 16.7. The lowest BCUT2D eigenvalue weighted by Crippen LogP contribution is -2.36. The predicted molar refractivity (Wildman–Crippen MR) is 195 cm³/mol. The zero-order chi connectivity index (χ0) is 34.5. The Morgan fingerprint density at radius 3 is 2.38 bits per heavy atom. The summed E-state index contributed by atoms with van der Waals surface area (Å²) in [6.45, 7) is 9.10. The van der Waals surface area contributed by atoms with Crippen molar-refractivity contribution >= 4 is 63.1 Å². The van der Waals surface area contributed by atoms with Gasteiger partial charge >= 0.3 is 12.1 Å². The van der Waals surface area contributed by atoms with Crippen LogP contribution in [-0.2, 0) is 14.3 Å². The molecule has 258 valence electrons. The van der Waals surface area contributed by atoms with Crippen LogP contribution in [0.5, 0.6) is 0 Å². The van der Waals surface area contributed by atoms with Crippen LogP contribution >= 0.6 is 21.6 Å². The molecule has 0 aromatic heterocycles. The quantitative estimate of drug-likeness (QED) is 0.146. The first-order valence-corrected chi connectivity index (χ1v) is 19.1. The lowest BCUT2D eigenvalue weighted by molar-refractivity contribution is -0.137. The van der Waals surface area contributed by atoms with Gasteiger partial charge in [-0.2, -0.15) is 0 Å². The second-order valence-corrected chi connectivity index (χ2v) is 14.9. The third-order valence-corrected chi connectivity index (χ3v) is 11.0. The summed E-state index contributed by atoms with van der Waals surface area (Å²) in [5.41, 5.74) is 4.41. The standard InChI is InChI=1S/C36H46N4O6S2/c1-4-16-39(17-5-2)35(44)30-22-29-14-13-28(26-9-11-27(12-10-26)34(43)40-18-6-7-19-40)23-31(29)37-32(24-30)38-36(45)46-20-21-47-48-25(3)8-15-33(41)42/h9-14,22-23,25H,4-8,15-21,24H2,1-3H3,(H,41,42)(H,37,38,45). The van der Waals surface area contributed by atoms with E-state index in [-0.39, 0.29) is 36.5 Å². The van der Waals surface area contributed by atoms with E-state index in [2.05, 4.69) is 5.32 Å². The number of hydrogen-bond donors (Lipinski definition) is 2. The van der Waals surface area contributed by atoms with E-state index in [0.717, 1.165) is 55.5 Å². The van der Waals surface area contributed by atoms with Crippen LogP contribution in [-0.4, -0.2) is 88.4 Å². The van der Waals surface area contributed by atoms with Gasteiger partial charge < -0.3 is 19.6 Å². The van der Waals surface area contributed by atoms with Crippen LogP contribution in [0.3, 0.4) is 0 Å². The minimum atomic E-state index is -0.810. The summed E-state index contributed by atoms with van der Waals surface area (Å²) in [5, 5.41) is 11.8. The number of fused-ring (bicyclic) bond motifs is 1. The number of amides is 3. The largest absolute Gasteiger partial charge is 0.481 e. The van der Waals surface area contributed by atoms with Crippen LogP contribution in [0.2, 0.25) is 0 Å². The minimum Gasteiger partial charge on any atom is -0.481 e. The number of aliphatic imine (C=N–C) groups is 1. The van der Waals surface area contributed by atoms with E-state index in [0.29, 0.717) is 47.9 Å². The summed E-state index contributed by atoms with van der Waals surface area (Å²) in [6, 6.07) is 13.4. The van der Waals surface area contributed by atoms with Crippen molar-refractivity contribution < 1.29 is 29.0 Å². The Morgan fingerprint density at radius 1 is 1.02 bits per heavy atom. The number of carboxylic acids is 1. The molecule has 1 unspecified atom stereocenters. The molecular weight excluding hydrogens is 649 g/mol. The summed E-state index contributed by atoms with van der Waals surface area (Å²) >= 11 is 0. The lowest BCUT2D eigenvalue weighted by Gasteiger charge is -2.23. The third kappa shape index (κ3) is 10.9. The highest BCUT2D eigenvalue weighted by Crippen LogP contribution is 2.33. The molecule has 0 saturated carbocycles. The summed E-state index contributed by atoms with van der Waals surface area (Å²) in [5.74, 6) is 0.0267.